The van der Waals surface area contributed by atoms with Gasteiger partial charge in [-0.2, -0.15) is 8.42 Å². The lowest BCUT2D eigenvalue weighted by Gasteiger charge is -2.12. The molecule has 0 amide bonds. The van der Waals surface area contributed by atoms with Crippen LogP contribution in [0, 0.1) is 0 Å². The molecular formula is C10H18N4O6S. The van der Waals surface area contributed by atoms with Crippen molar-refractivity contribution in [2.75, 3.05) is 20.2 Å². The summed E-state index contributed by atoms with van der Waals surface area (Å²) in [6, 6.07) is 0. The minimum Gasteiger partial charge on any atom is -0.858 e. The monoisotopic (exact) mass is 322 g/mol. The van der Waals surface area contributed by atoms with Gasteiger partial charge in [-0.15, -0.1) is 4.40 Å². The number of esters is 1. The van der Waals surface area contributed by atoms with Gasteiger partial charge in [-0.05, 0) is 19.9 Å². The number of rotatable bonds is 3. The van der Waals surface area contributed by atoms with Crippen molar-refractivity contribution in [3.8, 4) is 0 Å². The standard InChI is InChI=1S/C6H13N3O2.C4H5NO4S/c1-3-11-5(10)4-9(2)6(7)8;1-3-2-4(6)5-10(7,8)9-3/h3-4H2,1-2H3,(H3,7,8);2H,1H3,(H,5,6). The highest BCUT2D eigenvalue weighted by Gasteiger charge is 2.12. The molecule has 4 N–H and O–H groups in total. The number of carbonyl (C=O) groups is 1. The van der Waals surface area contributed by atoms with Crippen molar-refractivity contribution in [3.05, 3.63) is 11.8 Å². The first-order valence-electron chi connectivity index (χ1n) is 5.71. The summed E-state index contributed by atoms with van der Waals surface area (Å²) in [5, 5.41) is 10.4. The number of hydrogen-bond acceptors (Lipinski definition) is 6. The molecule has 0 spiro atoms. The van der Waals surface area contributed by atoms with Gasteiger partial charge in [0.15, 0.2) is 6.54 Å². The zero-order valence-electron chi connectivity index (χ0n) is 11.9. The van der Waals surface area contributed by atoms with Gasteiger partial charge in [0.05, 0.1) is 13.7 Å². The van der Waals surface area contributed by atoms with E-state index in [-0.39, 0.29) is 24.2 Å². The van der Waals surface area contributed by atoms with Crippen LogP contribution in [0.3, 0.4) is 0 Å². The number of guanidine groups is 1. The molecule has 1 aliphatic heterocycles. The Morgan fingerprint density at radius 1 is 1.52 bits per heavy atom. The zero-order valence-corrected chi connectivity index (χ0v) is 12.7. The van der Waals surface area contributed by atoms with E-state index in [1.54, 1.807) is 14.0 Å². The van der Waals surface area contributed by atoms with E-state index in [0.29, 0.717) is 6.61 Å². The molecule has 1 heterocycles. The van der Waals surface area contributed by atoms with Crippen LogP contribution in [0.5, 0.6) is 0 Å². The molecule has 0 radical (unpaired) electrons. The van der Waals surface area contributed by atoms with Gasteiger partial charge in [0.2, 0.25) is 0 Å². The lowest BCUT2D eigenvalue weighted by atomic mass is 10.5. The molecular weight excluding hydrogens is 304 g/mol. The van der Waals surface area contributed by atoms with Crippen molar-refractivity contribution in [1.82, 2.24) is 0 Å². The largest absolute Gasteiger partial charge is 0.858 e. The first-order valence-corrected chi connectivity index (χ1v) is 7.08. The minimum absolute atomic E-state index is 0.0417. The highest BCUT2D eigenvalue weighted by atomic mass is 32.2. The molecule has 0 bridgehead atoms. The Labute approximate surface area is 122 Å². The highest BCUT2D eigenvalue weighted by Crippen LogP contribution is 2.09. The van der Waals surface area contributed by atoms with Crippen molar-refractivity contribution in [2.24, 2.45) is 15.9 Å². The van der Waals surface area contributed by atoms with Crippen molar-refractivity contribution < 1.29 is 31.8 Å². The van der Waals surface area contributed by atoms with E-state index in [9.17, 15) is 18.3 Å². The van der Waals surface area contributed by atoms with E-state index in [2.05, 4.69) is 13.3 Å². The van der Waals surface area contributed by atoms with E-state index >= 15 is 0 Å². The Kier molecular flexibility index (Phi) is 7.21. The third kappa shape index (κ3) is 8.47. The lowest BCUT2D eigenvalue weighted by Crippen LogP contribution is -2.36. The number of carbonyl (C=O) groups excluding carboxylic acids is 1. The maximum atomic E-state index is 10.8. The predicted molar refractivity (Wildman–Crippen MR) is 72.3 cm³/mol. The van der Waals surface area contributed by atoms with Gasteiger partial charge in [0.1, 0.15) is 5.76 Å². The number of likely N-dealkylation sites (N-methyl/N-ethyl adjacent to an activating group) is 1. The Hall–Kier alpha value is -2.30. The first kappa shape index (κ1) is 18.7. The molecule has 0 aromatic carbocycles. The summed E-state index contributed by atoms with van der Waals surface area (Å²) in [5.41, 5.74) is 10.4. The van der Waals surface area contributed by atoms with Gasteiger partial charge in [0.25, 0.3) is 0 Å². The van der Waals surface area contributed by atoms with E-state index in [1.165, 1.54) is 11.5 Å². The normalized spacial score (nSPS) is 15.4. The van der Waals surface area contributed by atoms with Crippen LogP contribution in [0.4, 0.5) is 0 Å². The van der Waals surface area contributed by atoms with Gasteiger partial charge in [-0.25, -0.2) is 4.79 Å². The van der Waals surface area contributed by atoms with Crippen LogP contribution in [0.1, 0.15) is 13.8 Å². The van der Waals surface area contributed by atoms with Crippen molar-refractivity contribution in [1.29, 1.82) is 0 Å². The second kappa shape index (κ2) is 8.09. The molecule has 0 saturated carbocycles. The van der Waals surface area contributed by atoms with Crippen molar-refractivity contribution >= 4 is 28.1 Å². The van der Waals surface area contributed by atoms with Gasteiger partial charge in [0, 0.05) is 5.90 Å². The summed E-state index contributed by atoms with van der Waals surface area (Å²) in [6.07, 6.45) is 1.00. The quantitative estimate of drug-likeness (QED) is 0.247. The second-order valence-electron chi connectivity index (χ2n) is 3.78. The number of hydrogen-bond donors (Lipinski definition) is 2. The van der Waals surface area contributed by atoms with Gasteiger partial charge in [-0.3, -0.25) is 16.0 Å². The topological polar surface area (TPSA) is 160 Å². The zero-order chi connectivity index (χ0) is 16.6. The van der Waals surface area contributed by atoms with Crippen LogP contribution < -0.4 is 16.6 Å². The molecule has 11 heteroatoms. The Balaban J connectivity index is 0.000000382. The molecule has 0 saturated heterocycles. The summed E-state index contributed by atoms with van der Waals surface area (Å²) in [7, 11) is -2.36. The van der Waals surface area contributed by atoms with Gasteiger partial charge < -0.3 is 14.0 Å². The molecule has 1 aliphatic rings. The number of allylic oxidation sites excluding steroid dienone is 1. The average molecular weight is 322 g/mol. The van der Waals surface area contributed by atoms with Gasteiger partial charge in [-0.1, -0.05) is 0 Å². The number of nitrogens with zero attached hydrogens (tertiary/aromatic N) is 2. The van der Waals surface area contributed by atoms with E-state index < -0.39 is 16.2 Å². The van der Waals surface area contributed by atoms with Gasteiger partial charge >= 0.3 is 22.2 Å². The molecule has 120 valence electrons. The van der Waals surface area contributed by atoms with E-state index in [4.69, 9.17) is 11.5 Å². The summed E-state index contributed by atoms with van der Waals surface area (Å²) >= 11 is 0. The van der Waals surface area contributed by atoms with Crippen LogP contribution in [-0.2, 0) is 24.0 Å². The SMILES string of the molecule is CC1=CC([O-])=NS(=O)(=O)O1.CCOC(=O)C[N+](C)=C(N)N. The summed E-state index contributed by atoms with van der Waals surface area (Å²) < 4.78 is 33.8. The maximum absolute atomic E-state index is 10.8. The highest BCUT2D eigenvalue weighted by molar-refractivity contribution is 7.85. The third-order valence-corrected chi connectivity index (χ3v) is 2.75. The Morgan fingerprint density at radius 3 is 2.48 bits per heavy atom. The molecule has 0 aromatic heterocycles. The van der Waals surface area contributed by atoms with E-state index in [1.807, 2.05) is 0 Å². The molecule has 0 atom stereocenters. The van der Waals surface area contributed by atoms with Crippen LogP contribution in [0.25, 0.3) is 0 Å². The molecule has 0 aromatic rings. The molecule has 10 nitrogen and oxygen atoms in total. The molecule has 0 unspecified atom stereocenters. The third-order valence-electron chi connectivity index (χ3n) is 1.88. The molecule has 21 heavy (non-hydrogen) atoms. The molecule has 0 aliphatic carbocycles. The number of ether oxygens (including phenoxy) is 1. The Morgan fingerprint density at radius 2 is 2.10 bits per heavy atom. The fourth-order valence-corrected chi connectivity index (χ4v) is 1.70. The van der Waals surface area contributed by atoms with E-state index in [0.717, 1.165) is 6.08 Å². The van der Waals surface area contributed by atoms with Crippen LogP contribution in [-0.4, -0.2) is 51.0 Å². The summed E-state index contributed by atoms with van der Waals surface area (Å²) in [5.74, 6) is -0.981. The second-order valence-corrected chi connectivity index (χ2v) is 4.99. The van der Waals surface area contributed by atoms with Crippen LogP contribution in [0.15, 0.2) is 16.2 Å². The smallest absolute Gasteiger partial charge is 0.427 e. The molecule has 0 fully saturated rings. The minimum atomic E-state index is -3.97. The van der Waals surface area contributed by atoms with Crippen molar-refractivity contribution in [2.45, 2.75) is 13.8 Å². The van der Waals surface area contributed by atoms with Crippen LogP contribution in [0.2, 0.25) is 0 Å². The average Bonchev–Trinajstić information content (AvgIpc) is 2.25. The summed E-state index contributed by atoms with van der Waals surface area (Å²) in [6.45, 7) is 3.57. The fourth-order valence-electron chi connectivity index (χ4n) is 1.01. The number of nitrogens with two attached hydrogens (primary N) is 2. The Bertz CT molecular complexity index is 574. The lowest BCUT2D eigenvalue weighted by molar-refractivity contribution is -0.489. The van der Waals surface area contributed by atoms with Crippen molar-refractivity contribution in [3.63, 3.8) is 0 Å². The van der Waals surface area contributed by atoms with Crippen LogP contribution >= 0.6 is 0 Å². The fraction of sp³-hybridized carbons (Fsp3) is 0.500. The predicted octanol–water partition coefficient (Wildman–Crippen LogP) is -2.61. The maximum Gasteiger partial charge on any atom is 0.427 e. The molecule has 1 rings (SSSR count). The first-order chi connectivity index (χ1) is 9.57. The summed E-state index contributed by atoms with van der Waals surface area (Å²) in [4.78, 5) is 10.8.